The molecule has 0 N–H and O–H groups in total. The Labute approximate surface area is 98.2 Å². The summed E-state index contributed by atoms with van der Waals surface area (Å²) in [5.41, 5.74) is 1.71. The number of benzene rings is 1. The Morgan fingerprint density at radius 1 is 1.12 bits per heavy atom. The minimum absolute atomic E-state index is 0.661. The third-order valence-electron chi connectivity index (χ3n) is 1.95. The van der Waals surface area contributed by atoms with Crippen LogP contribution in [0.4, 0.5) is 0 Å². The van der Waals surface area contributed by atoms with Crippen LogP contribution in [0.2, 0.25) is 0 Å². The molecule has 3 nitrogen and oxygen atoms in total. The topological polar surface area (TPSA) is 49.6 Å². The Morgan fingerprint density at radius 2 is 1.75 bits per heavy atom. The Balaban J connectivity index is 2.15. The van der Waals surface area contributed by atoms with E-state index in [1.54, 1.807) is 24.5 Å². The smallest absolute Gasteiger partial charge is 0.192 e. The largest absolute Gasteiger partial charge is 0.231 e. The van der Waals surface area contributed by atoms with Crippen molar-refractivity contribution in [2.75, 3.05) is 0 Å². The van der Waals surface area contributed by atoms with E-state index in [9.17, 15) is 0 Å². The molecule has 1 aromatic heterocycles. The van der Waals surface area contributed by atoms with Crippen LogP contribution in [0.25, 0.3) is 0 Å². The fourth-order valence-corrected chi connectivity index (χ4v) is 1.83. The molecule has 16 heavy (non-hydrogen) atoms. The van der Waals surface area contributed by atoms with Gasteiger partial charge in [-0.3, -0.25) is 0 Å². The molecular weight excluding hydrogens is 218 g/mol. The van der Waals surface area contributed by atoms with E-state index in [1.165, 1.54) is 11.8 Å². The van der Waals surface area contributed by atoms with Crippen molar-refractivity contribution in [3.8, 4) is 6.07 Å². The first-order chi connectivity index (χ1) is 7.78. The van der Waals surface area contributed by atoms with Crippen LogP contribution in [-0.4, -0.2) is 9.97 Å². The van der Waals surface area contributed by atoms with Crippen molar-refractivity contribution < 1.29 is 0 Å². The monoisotopic (exact) mass is 227 g/mol. The van der Waals surface area contributed by atoms with Gasteiger partial charge in [0, 0.05) is 17.3 Å². The average Bonchev–Trinajstić information content (AvgIpc) is 2.33. The van der Waals surface area contributed by atoms with Crippen LogP contribution in [-0.2, 0) is 0 Å². The molecule has 0 saturated carbocycles. The van der Waals surface area contributed by atoms with Crippen molar-refractivity contribution in [2.24, 2.45) is 0 Å². The lowest BCUT2D eigenvalue weighted by Gasteiger charge is -1.99. The molecule has 0 bridgehead atoms. The number of nitriles is 1. The van der Waals surface area contributed by atoms with Crippen LogP contribution in [0.1, 0.15) is 11.1 Å². The first kappa shape index (κ1) is 10.7. The van der Waals surface area contributed by atoms with Crippen LogP contribution in [0.3, 0.4) is 0 Å². The molecule has 2 aromatic rings. The first-order valence-electron chi connectivity index (χ1n) is 4.74. The fraction of sp³-hybridized carbons (Fsp3) is 0.0833. The summed E-state index contributed by atoms with van der Waals surface area (Å²) in [5, 5.41) is 9.39. The van der Waals surface area contributed by atoms with Gasteiger partial charge in [0.15, 0.2) is 5.16 Å². The Hall–Kier alpha value is -1.86. The van der Waals surface area contributed by atoms with Crippen LogP contribution >= 0.6 is 11.8 Å². The molecule has 0 fully saturated rings. The highest BCUT2D eigenvalue weighted by atomic mass is 32.2. The summed E-state index contributed by atoms with van der Waals surface area (Å²) in [5.74, 6) is 0. The van der Waals surface area contributed by atoms with Crippen molar-refractivity contribution in [1.29, 1.82) is 5.26 Å². The number of hydrogen-bond donors (Lipinski definition) is 0. The van der Waals surface area contributed by atoms with Crippen molar-refractivity contribution in [3.63, 3.8) is 0 Å². The predicted octanol–water partition coefficient (Wildman–Crippen LogP) is 2.81. The van der Waals surface area contributed by atoms with Gasteiger partial charge in [-0.2, -0.15) is 5.26 Å². The molecule has 4 heteroatoms. The molecular formula is C12H9N3S. The molecule has 0 spiro atoms. The molecule has 0 aliphatic heterocycles. The highest BCUT2D eigenvalue weighted by Crippen LogP contribution is 2.24. The highest BCUT2D eigenvalue weighted by molar-refractivity contribution is 7.99. The zero-order chi connectivity index (χ0) is 11.4. The lowest BCUT2D eigenvalue weighted by atomic mass is 10.2. The number of hydrogen-bond acceptors (Lipinski definition) is 4. The number of aryl methyl sites for hydroxylation is 1. The second-order valence-corrected chi connectivity index (χ2v) is 4.32. The Morgan fingerprint density at radius 3 is 2.31 bits per heavy atom. The van der Waals surface area contributed by atoms with E-state index in [2.05, 4.69) is 16.0 Å². The van der Waals surface area contributed by atoms with E-state index in [1.807, 2.05) is 19.1 Å². The molecule has 0 aliphatic rings. The van der Waals surface area contributed by atoms with Crippen LogP contribution in [0.15, 0.2) is 46.7 Å². The highest BCUT2D eigenvalue weighted by Gasteiger charge is 1.99. The summed E-state index contributed by atoms with van der Waals surface area (Å²) in [6, 6.07) is 9.45. The van der Waals surface area contributed by atoms with Crippen LogP contribution in [0.5, 0.6) is 0 Å². The first-order valence-corrected chi connectivity index (χ1v) is 5.56. The van der Waals surface area contributed by atoms with E-state index in [-0.39, 0.29) is 0 Å². The standard InChI is InChI=1S/C12H9N3S/c1-9-7-14-12(15-8-9)16-11-4-2-10(6-13)3-5-11/h2-5,7-8H,1H3. The average molecular weight is 227 g/mol. The molecule has 1 heterocycles. The zero-order valence-electron chi connectivity index (χ0n) is 8.71. The predicted molar refractivity (Wildman–Crippen MR) is 62.0 cm³/mol. The van der Waals surface area contributed by atoms with E-state index >= 15 is 0 Å². The van der Waals surface area contributed by atoms with Crippen LogP contribution in [0, 0.1) is 18.3 Å². The molecule has 0 aliphatic carbocycles. The summed E-state index contributed by atoms with van der Waals surface area (Å²) in [4.78, 5) is 9.44. The molecule has 0 saturated heterocycles. The van der Waals surface area contributed by atoms with Gasteiger partial charge in [-0.15, -0.1) is 0 Å². The van der Waals surface area contributed by atoms with Crippen molar-refractivity contribution >= 4 is 11.8 Å². The fourth-order valence-electron chi connectivity index (χ4n) is 1.14. The lowest BCUT2D eigenvalue weighted by molar-refractivity contribution is 0.950. The van der Waals surface area contributed by atoms with Crippen LogP contribution < -0.4 is 0 Å². The summed E-state index contributed by atoms with van der Waals surface area (Å²) < 4.78 is 0. The lowest BCUT2D eigenvalue weighted by Crippen LogP contribution is -1.86. The molecule has 0 amide bonds. The van der Waals surface area contributed by atoms with E-state index in [0.29, 0.717) is 5.56 Å². The molecule has 0 radical (unpaired) electrons. The maximum atomic E-state index is 8.67. The Bertz CT molecular complexity index is 511. The second kappa shape index (κ2) is 4.77. The molecule has 1 aromatic carbocycles. The van der Waals surface area contributed by atoms with Gasteiger partial charge >= 0.3 is 0 Å². The van der Waals surface area contributed by atoms with Gasteiger partial charge in [0.25, 0.3) is 0 Å². The number of rotatable bonds is 2. The van der Waals surface area contributed by atoms with E-state index < -0.39 is 0 Å². The molecule has 0 atom stereocenters. The maximum absolute atomic E-state index is 8.67. The summed E-state index contributed by atoms with van der Waals surface area (Å²) in [7, 11) is 0. The van der Waals surface area contributed by atoms with Crippen molar-refractivity contribution in [3.05, 3.63) is 47.8 Å². The molecule has 2 rings (SSSR count). The molecule has 0 unspecified atom stereocenters. The summed E-state index contributed by atoms with van der Waals surface area (Å²) in [6.07, 6.45) is 3.58. The number of aromatic nitrogens is 2. The normalized spacial score (nSPS) is 9.75. The van der Waals surface area contributed by atoms with Gasteiger partial charge in [0.05, 0.1) is 11.6 Å². The molecule has 78 valence electrons. The maximum Gasteiger partial charge on any atom is 0.192 e. The summed E-state index contributed by atoms with van der Waals surface area (Å²) >= 11 is 1.48. The third-order valence-corrected chi connectivity index (χ3v) is 2.85. The minimum atomic E-state index is 0.661. The minimum Gasteiger partial charge on any atom is -0.231 e. The van der Waals surface area contributed by atoms with Gasteiger partial charge in [-0.05, 0) is 48.5 Å². The van der Waals surface area contributed by atoms with Crippen molar-refractivity contribution in [1.82, 2.24) is 9.97 Å². The van der Waals surface area contributed by atoms with Gasteiger partial charge in [-0.25, -0.2) is 9.97 Å². The Kier molecular flexibility index (Phi) is 3.18. The quantitative estimate of drug-likeness (QED) is 0.740. The number of nitrogens with zero attached hydrogens (tertiary/aromatic N) is 3. The van der Waals surface area contributed by atoms with Gasteiger partial charge in [-0.1, -0.05) is 0 Å². The SMILES string of the molecule is Cc1cnc(Sc2ccc(C#N)cc2)nc1. The van der Waals surface area contributed by atoms with Gasteiger partial charge in [0.2, 0.25) is 0 Å². The summed E-state index contributed by atoms with van der Waals surface area (Å²) in [6.45, 7) is 1.95. The van der Waals surface area contributed by atoms with Gasteiger partial charge in [0.1, 0.15) is 0 Å². The third kappa shape index (κ3) is 2.59. The second-order valence-electron chi connectivity index (χ2n) is 3.28. The van der Waals surface area contributed by atoms with E-state index in [0.717, 1.165) is 15.6 Å². The van der Waals surface area contributed by atoms with Crippen molar-refractivity contribution in [2.45, 2.75) is 17.0 Å². The zero-order valence-corrected chi connectivity index (χ0v) is 9.53. The van der Waals surface area contributed by atoms with Gasteiger partial charge < -0.3 is 0 Å². The van der Waals surface area contributed by atoms with E-state index in [4.69, 9.17) is 5.26 Å².